The molecule has 1 aromatic rings. The summed E-state index contributed by atoms with van der Waals surface area (Å²) in [6, 6.07) is 6.46. The highest BCUT2D eigenvalue weighted by molar-refractivity contribution is 5.76. The third-order valence-electron chi connectivity index (χ3n) is 4.18. The molecule has 2 unspecified atom stereocenters. The zero-order valence-electron chi connectivity index (χ0n) is 12.2. The van der Waals surface area contributed by atoms with Crippen LogP contribution in [0.1, 0.15) is 30.5 Å². The number of hydrogen-bond acceptors (Lipinski definition) is 3. The zero-order valence-corrected chi connectivity index (χ0v) is 12.2. The summed E-state index contributed by atoms with van der Waals surface area (Å²) in [5, 5.41) is 3.34. The minimum absolute atomic E-state index is 0.0880. The zero-order chi connectivity index (χ0) is 14.0. The van der Waals surface area contributed by atoms with Crippen molar-refractivity contribution in [1.82, 2.24) is 5.32 Å². The van der Waals surface area contributed by atoms with E-state index in [-0.39, 0.29) is 17.3 Å². The van der Waals surface area contributed by atoms with Gasteiger partial charge in [0.25, 0.3) is 0 Å². The quantitative estimate of drug-likeness (QED) is 0.849. The fourth-order valence-corrected chi connectivity index (χ4v) is 3.15. The molecule has 0 spiro atoms. The van der Waals surface area contributed by atoms with Crippen molar-refractivity contribution in [1.29, 1.82) is 0 Å². The molecular formula is C16H23NO2. The molecule has 104 valence electrons. The van der Waals surface area contributed by atoms with E-state index in [1.165, 1.54) is 16.7 Å². The maximum Gasteiger partial charge on any atom is 0.311 e. The Kier molecular flexibility index (Phi) is 3.95. The van der Waals surface area contributed by atoms with Gasteiger partial charge in [0.05, 0.1) is 12.5 Å². The molecule has 2 rings (SSSR count). The van der Waals surface area contributed by atoms with Crippen LogP contribution < -0.4 is 5.32 Å². The monoisotopic (exact) mass is 261 g/mol. The Morgan fingerprint density at radius 3 is 2.84 bits per heavy atom. The predicted molar refractivity (Wildman–Crippen MR) is 76.3 cm³/mol. The molecule has 0 bridgehead atoms. The van der Waals surface area contributed by atoms with Crippen molar-refractivity contribution in [2.24, 2.45) is 5.92 Å². The van der Waals surface area contributed by atoms with Gasteiger partial charge in [0, 0.05) is 18.5 Å². The number of nitrogens with one attached hydrogen (secondary N) is 1. The van der Waals surface area contributed by atoms with Gasteiger partial charge in [-0.25, -0.2) is 0 Å². The lowest BCUT2D eigenvalue weighted by Gasteiger charge is -2.31. The first-order valence-corrected chi connectivity index (χ1v) is 6.94. The van der Waals surface area contributed by atoms with Crippen molar-refractivity contribution in [3.63, 3.8) is 0 Å². The second-order valence-electron chi connectivity index (χ2n) is 5.67. The molecule has 1 aliphatic heterocycles. The summed E-state index contributed by atoms with van der Waals surface area (Å²) >= 11 is 0. The molecule has 1 aromatic carbocycles. The number of rotatable bonds is 3. The predicted octanol–water partition coefficient (Wildman–Crippen LogP) is 2.34. The highest BCUT2D eigenvalue weighted by Crippen LogP contribution is 2.37. The van der Waals surface area contributed by atoms with Gasteiger partial charge < -0.3 is 10.1 Å². The molecule has 0 saturated carbocycles. The molecule has 2 atom stereocenters. The van der Waals surface area contributed by atoms with Gasteiger partial charge in [-0.3, -0.25) is 4.79 Å². The molecule has 0 aliphatic carbocycles. The Labute approximate surface area is 115 Å². The van der Waals surface area contributed by atoms with Crippen LogP contribution in [0, 0.1) is 19.8 Å². The molecule has 19 heavy (non-hydrogen) atoms. The van der Waals surface area contributed by atoms with Crippen molar-refractivity contribution < 1.29 is 9.53 Å². The summed E-state index contributed by atoms with van der Waals surface area (Å²) in [5.41, 5.74) is 3.58. The Morgan fingerprint density at radius 1 is 1.47 bits per heavy atom. The Balaban J connectivity index is 2.37. The minimum Gasteiger partial charge on any atom is -0.466 e. The maximum absolute atomic E-state index is 12.2. The average molecular weight is 261 g/mol. The largest absolute Gasteiger partial charge is 0.466 e. The molecule has 1 N–H and O–H groups in total. The van der Waals surface area contributed by atoms with E-state index in [1.54, 1.807) is 0 Å². The molecule has 1 heterocycles. The normalized spacial score (nSPS) is 26.4. The van der Waals surface area contributed by atoms with E-state index in [0.29, 0.717) is 13.2 Å². The van der Waals surface area contributed by atoms with Crippen molar-refractivity contribution in [3.05, 3.63) is 34.9 Å². The van der Waals surface area contributed by atoms with Crippen molar-refractivity contribution >= 4 is 5.97 Å². The van der Waals surface area contributed by atoms with E-state index in [9.17, 15) is 4.79 Å². The molecule has 0 amide bonds. The van der Waals surface area contributed by atoms with Gasteiger partial charge in [-0.2, -0.15) is 0 Å². The lowest BCUT2D eigenvalue weighted by atomic mass is 9.72. The number of benzene rings is 1. The number of esters is 1. The van der Waals surface area contributed by atoms with E-state index in [0.717, 1.165) is 6.54 Å². The summed E-state index contributed by atoms with van der Waals surface area (Å²) in [6.07, 6.45) is 0. The molecule has 3 heteroatoms. The number of ether oxygens (including phenoxy) is 1. The SMILES string of the molecule is CCOC(=O)C1CNCC1(C)c1ccc(C)cc1C. The highest BCUT2D eigenvalue weighted by atomic mass is 16.5. The first-order valence-electron chi connectivity index (χ1n) is 6.94. The highest BCUT2D eigenvalue weighted by Gasteiger charge is 2.45. The summed E-state index contributed by atoms with van der Waals surface area (Å²) in [4.78, 5) is 12.2. The van der Waals surface area contributed by atoms with Crippen LogP contribution in [0.2, 0.25) is 0 Å². The van der Waals surface area contributed by atoms with Crippen LogP contribution in [0.4, 0.5) is 0 Å². The summed E-state index contributed by atoms with van der Waals surface area (Å²) in [6.45, 7) is 10.2. The minimum atomic E-state index is -0.177. The summed E-state index contributed by atoms with van der Waals surface area (Å²) in [5.74, 6) is -0.191. The van der Waals surface area contributed by atoms with Crippen molar-refractivity contribution in [2.45, 2.75) is 33.1 Å². The lowest BCUT2D eigenvalue weighted by Crippen LogP contribution is -2.38. The van der Waals surface area contributed by atoms with Gasteiger partial charge in [-0.1, -0.05) is 30.7 Å². The lowest BCUT2D eigenvalue weighted by molar-refractivity contribution is -0.149. The van der Waals surface area contributed by atoms with Crippen molar-refractivity contribution in [3.8, 4) is 0 Å². The van der Waals surface area contributed by atoms with Crippen molar-refractivity contribution in [2.75, 3.05) is 19.7 Å². The van der Waals surface area contributed by atoms with Crippen LogP contribution in [-0.4, -0.2) is 25.7 Å². The molecule has 3 nitrogen and oxygen atoms in total. The molecule has 0 aromatic heterocycles. The number of carbonyl (C=O) groups is 1. The Bertz CT molecular complexity index is 484. The first-order chi connectivity index (χ1) is 8.99. The van der Waals surface area contributed by atoms with Gasteiger partial charge in [-0.05, 0) is 31.9 Å². The van der Waals surface area contributed by atoms with Gasteiger partial charge in [0.2, 0.25) is 0 Å². The topological polar surface area (TPSA) is 38.3 Å². The smallest absolute Gasteiger partial charge is 0.311 e. The van der Waals surface area contributed by atoms with E-state index in [1.807, 2.05) is 6.92 Å². The van der Waals surface area contributed by atoms with Crippen LogP contribution in [0.25, 0.3) is 0 Å². The van der Waals surface area contributed by atoms with E-state index >= 15 is 0 Å². The summed E-state index contributed by atoms with van der Waals surface area (Å²) in [7, 11) is 0. The van der Waals surface area contributed by atoms with Gasteiger partial charge in [0.1, 0.15) is 0 Å². The third kappa shape index (κ3) is 2.52. The van der Waals surface area contributed by atoms with Crippen LogP contribution in [0.15, 0.2) is 18.2 Å². The maximum atomic E-state index is 12.2. The fourth-order valence-electron chi connectivity index (χ4n) is 3.15. The standard InChI is InChI=1S/C16H23NO2/c1-5-19-15(18)14-9-17-10-16(14,4)13-7-6-11(2)8-12(13)3/h6-8,14,17H,5,9-10H2,1-4H3. The number of carbonyl (C=O) groups excluding carboxylic acids is 1. The molecule has 1 fully saturated rings. The van der Waals surface area contributed by atoms with Crippen LogP contribution in [-0.2, 0) is 14.9 Å². The second kappa shape index (κ2) is 5.33. The first kappa shape index (κ1) is 14.1. The fraction of sp³-hybridized carbons (Fsp3) is 0.562. The van der Waals surface area contributed by atoms with E-state index in [4.69, 9.17) is 4.74 Å². The Hall–Kier alpha value is -1.35. The average Bonchev–Trinajstić information content (AvgIpc) is 2.72. The van der Waals surface area contributed by atoms with Crippen LogP contribution in [0.3, 0.4) is 0 Å². The second-order valence-corrected chi connectivity index (χ2v) is 5.67. The molecular weight excluding hydrogens is 238 g/mol. The Morgan fingerprint density at radius 2 is 2.21 bits per heavy atom. The summed E-state index contributed by atoms with van der Waals surface area (Å²) < 4.78 is 5.23. The molecule has 1 saturated heterocycles. The third-order valence-corrected chi connectivity index (χ3v) is 4.18. The van der Waals surface area contributed by atoms with Gasteiger partial charge in [0.15, 0.2) is 0 Å². The number of aryl methyl sites for hydroxylation is 2. The molecule has 0 radical (unpaired) electrons. The molecule has 1 aliphatic rings. The van der Waals surface area contributed by atoms with Crippen LogP contribution in [0.5, 0.6) is 0 Å². The van der Waals surface area contributed by atoms with E-state index < -0.39 is 0 Å². The van der Waals surface area contributed by atoms with Crippen LogP contribution >= 0.6 is 0 Å². The van der Waals surface area contributed by atoms with E-state index in [2.05, 4.69) is 44.3 Å². The number of hydrogen-bond donors (Lipinski definition) is 1. The van der Waals surface area contributed by atoms with Gasteiger partial charge in [-0.15, -0.1) is 0 Å². The van der Waals surface area contributed by atoms with Gasteiger partial charge >= 0.3 is 5.97 Å².